The molecule has 35 heavy (non-hydrogen) atoms. The Morgan fingerprint density at radius 3 is 2.46 bits per heavy atom. The summed E-state index contributed by atoms with van der Waals surface area (Å²) < 4.78 is 45.6. The first kappa shape index (κ1) is 22.5. The number of aromatic nitrogens is 7. The average molecular weight is 481 g/mol. The van der Waals surface area contributed by atoms with E-state index < -0.39 is 34.7 Å². The first-order valence-electron chi connectivity index (χ1n) is 10.5. The Kier molecular flexibility index (Phi) is 5.44. The zero-order chi connectivity index (χ0) is 24.7. The lowest BCUT2D eigenvalue weighted by atomic mass is 9.86. The van der Waals surface area contributed by atoms with Gasteiger partial charge in [0.25, 0.3) is 5.56 Å². The zero-order valence-corrected chi connectivity index (χ0v) is 18.3. The van der Waals surface area contributed by atoms with Crippen molar-refractivity contribution in [1.29, 1.82) is 0 Å². The molecule has 2 unspecified atom stereocenters. The maximum absolute atomic E-state index is 14.8. The molecule has 0 saturated carbocycles. The molecule has 12 heteroatoms. The molecule has 2 aromatic carbocycles. The topological polar surface area (TPSA) is 104 Å². The van der Waals surface area contributed by atoms with Crippen LogP contribution in [0.4, 0.5) is 13.2 Å². The number of aliphatic hydroxyl groups is 1. The normalized spacial score (nSPS) is 14.2. The third kappa shape index (κ3) is 3.87. The van der Waals surface area contributed by atoms with Crippen LogP contribution >= 0.6 is 0 Å². The number of rotatable bonds is 6. The highest BCUT2D eigenvalue weighted by Crippen LogP contribution is 2.36. The van der Waals surface area contributed by atoms with Gasteiger partial charge in [-0.1, -0.05) is 6.07 Å². The molecule has 3 aromatic heterocycles. The second-order valence-electron chi connectivity index (χ2n) is 8.04. The number of fused-ring (bicyclic) bond motifs is 1. The van der Waals surface area contributed by atoms with Gasteiger partial charge in [0.2, 0.25) is 0 Å². The van der Waals surface area contributed by atoms with Crippen LogP contribution in [0.25, 0.3) is 16.7 Å². The maximum Gasteiger partial charge on any atom is 0.264 e. The Labute approximate surface area is 195 Å². The van der Waals surface area contributed by atoms with E-state index in [9.17, 15) is 23.1 Å². The third-order valence-electron chi connectivity index (χ3n) is 5.96. The van der Waals surface area contributed by atoms with Crippen molar-refractivity contribution >= 4 is 11.0 Å². The van der Waals surface area contributed by atoms with Crippen LogP contribution < -0.4 is 5.56 Å². The summed E-state index contributed by atoms with van der Waals surface area (Å²) in [6, 6.07) is 7.23. The van der Waals surface area contributed by atoms with Gasteiger partial charge in [0.1, 0.15) is 47.4 Å². The fourth-order valence-corrected chi connectivity index (χ4v) is 4.05. The SMILES string of the molecule is CC(n1cnc2c(cnn2-c2ccc(F)cc2)c1=O)C(O)(Cn1cncn1)c1ccc(F)cc1F. The maximum atomic E-state index is 14.8. The number of benzene rings is 2. The van der Waals surface area contributed by atoms with Crippen molar-refractivity contribution in [3.8, 4) is 5.69 Å². The van der Waals surface area contributed by atoms with Crippen LogP contribution in [0.2, 0.25) is 0 Å². The van der Waals surface area contributed by atoms with E-state index in [1.165, 1.54) is 65.7 Å². The molecular formula is C23H18F3N7O2. The van der Waals surface area contributed by atoms with Crippen LogP contribution in [0.1, 0.15) is 18.5 Å². The van der Waals surface area contributed by atoms with Crippen LogP contribution in [0, 0.1) is 17.5 Å². The molecule has 0 aliphatic heterocycles. The van der Waals surface area contributed by atoms with Gasteiger partial charge >= 0.3 is 0 Å². The standard InChI is InChI=1S/C23H18F3N7O2/c1-14(23(35,10-31-12-27-11-30-31)19-7-4-16(25)8-20(19)26)32-13-28-21-18(22(32)34)9-29-33(21)17-5-2-15(24)3-6-17/h2-9,11-14,35H,10H2,1H3. The van der Waals surface area contributed by atoms with E-state index in [0.29, 0.717) is 11.8 Å². The molecule has 0 bridgehead atoms. The lowest BCUT2D eigenvalue weighted by Gasteiger charge is -2.35. The lowest BCUT2D eigenvalue weighted by Crippen LogP contribution is -2.43. The molecule has 1 N–H and O–H groups in total. The molecule has 5 aromatic rings. The summed E-state index contributed by atoms with van der Waals surface area (Å²) in [5.41, 5.74) is -2.10. The molecule has 2 atom stereocenters. The summed E-state index contributed by atoms with van der Waals surface area (Å²) in [7, 11) is 0. The van der Waals surface area contributed by atoms with Gasteiger partial charge in [0.05, 0.1) is 24.5 Å². The molecule has 9 nitrogen and oxygen atoms in total. The Balaban J connectivity index is 1.62. The predicted octanol–water partition coefficient (Wildman–Crippen LogP) is 2.74. The molecule has 0 aliphatic rings. The van der Waals surface area contributed by atoms with Crippen LogP contribution in [0.5, 0.6) is 0 Å². The summed E-state index contributed by atoms with van der Waals surface area (Å²) in [6.07, 6.45) is 5.10. The van der Waals surface area contributed by atoms with E-state index in [1.807, 2.05) is 0 Å². The van der Waals surface area contributed by atoms with Crippen LogP contribution in [-0.2, 0) is 12.1 Å². The Bertz CT molecular complexity index is 1560. The number of hydrogen-bond acceptors (Lipinski definition) is 6. The molecule has 0 aliphatic carbocycles. The molecule has 3 heterocycles. The van der Waals surface area contributed by atoms with Gasteiger partial charge in [-0.15, -0.1) is 0 Å². The summed E-state index contributed by atoms with van der Waals surface area (Å²) in [4.78, 5) is 21.6. The van der Waals surface area contributed by atoms with Crippen LogP contribution in [0.15, 0.2) is 72.4 Å². The summed E-state index contributed by atoms with van der Waals surface area (Å²) in [5.74, 6) is -2.21. The van der Waals surface area contributed by atoms with Gasteiger partial charge in [-0.2, -0.15) is 10.2 Å². The number of halogens is 3. The van der Waals surface area contributed by atoms with E-state index in [4.69, 9.17) is 0 Å². The second-order valence-corrected chi connectivity index (χ2v) is 8.04. The van der Waals surface area contributed by atoms with Gasteiger partial charge in [-0.3, -0.25) is 9.36 Å². The molecule has 0 radical (unpaired) electrons. The van der Waals surface area contributed by atoms with Crippen molar-refractivity contribution in [1.82, 2.24) is 34.1 Å². The molecular weight excluding hydrogens is 463 g/mol. The average Bonchev–Trinajstić information content (AvgIpc) is 3.49. The highest BCUT2D eigenvalue weighted by atomic mass is 19.1. The van der Waals surface area contributed by atoms with Crippen molar-refractivity contribution in [2.75, 3.05) is 0 Å². The number of hydrogen-bond donors (Lipinski definition) is 1. The quantitative estimate of drug-likeness (QED) is 0.400. The van der Waals surface area contributed by atoms with Crippen LogP contribution in [-0.4, -0.2) is 39.2 Å². The Hall–Kier alpha value is -4.32. The second kappa shape index (κ2) is 8.47. The fourth-order valence-electron chi connectivity index (χ4n) is 4.05. The van der Waals surface area contributed by atoms with E-state index in [2.05, 4.69) is 20.2 Å². The van der Waals surface area contributed by atoms with Gasteiger partial charge in [-0.25, -0.2) is 32.5 Å². The minimum absolute atomic E-state index is 0.131. The minimum atomic E-state index is -2.04. The molecule has 0 fully saturated rings. The van der Waals surface area contributed by atoms with Crippen molar-refractivity contribution in [2.24, 2.45) is 0 Å². The molecule has 0 amide bonds. The van der Waals surface area contributed by atoms with Gasteiger partial charge in [0, 0.05) is 11.6 Å². The van der Waals surface area contributed by atoms with Crippen molar-refractivity contribution in [3.05, 3.63) is 101 Å². The van der Waals surface area contributed by atoms with E-state index >= 15 is 0 Å². The third-order valence-corrected chi connectivity index (χ3v) is 5.96. The Morgan fingerprint density at radius 2 is 1.77 bits per heavy atom. The zero-order valence-electron chi connectivity index (χ0n) is 18.3. The van der Waals surface area contributed by atoms with Crippen molar-refractivity contribution in [2.45, 2.75) is 25.1 Å². The minimum Gasteiger partial charge on any atom is -0.381 e. The largest absolute Gasteiger partial charge is 0.381 e. The first-order valence-corrected chi connectivity index (χ1v) is 10.5. The van der Waals surface area contributed by atoms with Gasteiger partial charge in [0.15, 0.2) is 5.65 Å². The summed E-state index contributed by atoms with van der Waals surface area (Å²) in [6.45, 7) is 1.23. The number of nitrogens with zero attached hydrogens (tertiary/aromatic N) is 7. The summed E-state index contributed by atoms with van der Waals surface area (Å²) >= 11 is 0. The first-order chi connectivity index (χ1) is 16.8. The monoisotopic (exact) mass is 481 g/mol. The van der Waals surface area contributed by atoms with Gasteiger partial charge < -0.3 is 5.11 Å². The Morgan fingerprint density at radius 1 is 1.03 bits per heavy atom. The van der Waals surface area contributed by atoms with E-state index in [0.717, 1.165) is 16.7 Å². The molecule has 178 valence electrons. The highest BCUT2D eigenvalue weighted by molar-refractivity contribution is 5.74. The molecule has 0 spiro atoms. The van der Waals surface area contributed by atoms with Crippen molar-refractivity contribution in [3.63, 3.8) is 0 Å². The van der Waals surface area contributed by atoms with E-state index in [1.54, 1.807) is 0 Å². The fraction of sp³-hybridized carbons (Fsp3) is 0.174. The lowest BCUT2D eigenvalue weighted by molar-refractivity contribution is -0.0343. The molecule has 5 rings (SSSR count). The smallest absolute Gasteiger partial charge is 0.264 e. The highest BCUT2D eigenvalue weighted by Gasteiger charge is 2.41. The van der Waals surface area contributed by atoms with Crippen LogP contribution in [0.3, 0.4) is 0 Å². The summed E-state index contributed by atoms with van der Waals surface area (Å²) in [5, 5.41) is 20.1. The predicted molar refractivity (Wildman–Crippen MR) is 118 cm³/mol. The van der Waals surface area contributed by atoms with Gasteiger partial charge in [-0.05, 0) is 37.3 Å². The van der Waals surface area contributed by atoms with E-state index in [-0.39, 0.29) is 23.1 Å². The molecule has 0 saturated heterocycles. The van der Waals surface area contributed by atoms with Crippen molar-refractivity contribution < 1.29 is 18.3 Å².